The number of aromatic nitrogens is 3. The van der Waals surface area contributed by atoms with Gasteiger partial charge in [0.05, 0.1) is 18.2 Å². The van der Waals surface area contributed by atoms with Crippen LogP contribution in [0.3, 0.4) is 0 Å². The molecule has 0 saturated heterocycles. The van der Waals surface area contributed by atoms with Crippen molar-refractivity contribution in [2.24, 2.45) is 7.05 Å². The molecule has 9 heteroatoms. The van der Waals surface area contributed by atoms with Crippen molar-refractivity contribution in [2.45, 2.75) is 19.4 Å². The minimum absolute atomic E-state index is 0.175. The summed E-state index contributed by atoms with van der Waals surface area (Å²) in [7, 11) is -4.00. The van der Waals surface area contributed by atoms with Crippen molar-refractivity contribution in [3.63, 3.8) is 0 Å². The van der Waals surface area contributed by atoms with E-state index in [1.807, 2.05) is 78.5 Å². The third-order valence-electron chi connectivity index (χ3n) is 5.02. The van der Waals surface area contributed by atoms with Gasteiger partial charge in [0.25, 0.3) is 5.82 Å². The average Bonchev–Trinajstić information content (AvgIpc) is 3.14. The standard InChI is InChI=1S/C25H24N3O.BF4/c1-27-24(21-13-7-3-8-14-21)26-28(25(27)22-15-9-4-10-16-22)19-23(29)18-17-20-11-5-2-6-12-20;2-1(3,4)5/h2-16H,17-19H2,1H3;/q+1;-1. The van der Waals surface area contributed by atoms with Crippen LogP contribution in [0.25, 0.3) is 22.8 Å². The molecule has 4 aromatic rings. The second-order valence-corrected chi connectivity index (χ2v) is 7.62. The van der Waals surface area contributed by atoms with Crippen LogP contribution in [0.1, 0.15) is 12.0 Å². The van der Waals surface area contributed by atoms with E-state index in [4.69, 9.17) is 5.10 Å². The van der Waals surface area contributed by atoms with Crippen LogP contribution in [0, 0.1) is 0 Å². The first-order valence-corrected chi connectivity index (χ1v) is 10.7. The highest BCUT2D eigenvalue weighted by molar-refractivity contribution is 6.50. The van der Waals surface area contributed by atoms with Gasteiger partial charge in [-0.3, -0.25) is 4.79 Å². The fourth-order valence-electron chi connectivity index (χ4n) is 3.56. The Labute approximate surface area is 195 Å². The molecule has 34 heavy (non-hydrogen) atoms. The Bertz CT molecular complexity index is 1190. The van der Waals surface area contributed by atoms with Gasteiger partial charge in [0, 0.05) is 11.5 Å². The van der Waals surface area contributed by atoms with E-state index in [-0.39, 0.29) is 12.3 Å². The van der Waals surface area contributed by atoms with Crippen LogP contribution in [0.2, 0.25) is 0 Å². The molecule has 0 aliphatic heterocycles. The van der Waals surface area contributed by atoms with Gasteiger partial charge in [0.15, 0.2) is 12.3 Å². The molecule has 0 amide bonds. The lowest BCUT2D eigenvalue weighted by Crippen LogP contribution is -2.32. The summed E-state index contributed by atoms with van der Waals surface area (Å²) in [5, 5.41) is 4.81. The first-order valence-electron chi connectivity index (χ1n) is 10.7. The monoisotopic (exact) mass is 469 g/mol. The first-order chi connectivity index (χ1) is 16.2. The van der Waals surface area contributed by atoms with E-state index in [0.717, 1.165) is 29.2 Å². The number of hydrogen-bond acceptors (Lipinski definition) is 2. The average molecular weight is 469 g/mol. The molecule has 0 N–H and O–H groups in total. The zero-order valence-corrected chi connectivity index (χ0v) is 18.6. The highest BCUT2D eigenvalue weighted by Crippen LogP contribution is 2.20. The van der Waals surface area contributed by atoms with Crippen molar-refractivity contribution in [3.8, 4) is 22.8 Å². The van der Waals surface area contributed by atoms with E-state index in [9.17, 15) is 22.1 Å². The number of carbonyl (C=O) groups is 1. The molecule has 0 atom stereocenters. The van der Waals surface area contributed by atoms with Crippen molar-refractivity contribution in [1.82, 2.24) is 9.78 Å². The summed E-state index contributed by atoms with van der Waals surface area (Å²) < 4.78 is 42.9. The van der Waals surface area contributed by atoms with Crippen LogP contribution in [-0.2, 0) is 24.8 Å². The molecular formula is C25H24BF4N3O. The van der Waals surface area contributed by atoms with Crippen molar-refractivity contribution < 1.29 is 26.6 Å². The van der Waals surface area contributed by atoms with Gasteiger partial charge in [0.1, 0.15) is 0 Å². The van der Waals surface area contributed by atoms with Crippen LogP contribution in [0.15, 0.2) is 91.0 Å². The summed E-state index contributed by atoms with van der Waals surface area (Å²) in [6, 6.07) is 30.3. The molecular weight excluding hydrogens is 445 g/mol. The smallest absolute Gasteiger partial charge is 0.418 e. The molecule has 1 aromatic heterocycles. The predicted molar refractivity (Wildman–Crippen MR) is 124 cm³/mol. The lowest BCUT2D eigenvalue weighted by atomic mass is 10.1. The molecule has 176 valence electrons. The maximum absolute atomic E-state index is 12.8. The summed E-state index contributed by atoms with van der Waals surface area (Å²) in [6.45, 7) is 0.262. The van der Waals surface area contributed by atoms with E-state index >= 15 is 0 Å². The summed E-state index contributed by atoms with van der Waals surface area (Å²) in [5.74, 6) is 1.95. The van der Waals surface area contributed by atoms with Gasteiger partial charge in [0.2, 0.25) is 0 Å². The van der Waals surface area contributed by atoms with Crippen LogP contribution >= 0.6 is 0 Å². The molecule has 0 fully saturated rings. The Balaban J connectivity index is 0.000000588. The topological polar surface area (TPSA) is 38.8 Å². The zero-order valence-electron chi connectivity index (χ0n) is 18.6. The molecule has 0 radical (unpaired) electrons. The predicted octanol–water partition coefficient (Wildman–Crippen LogP) is 5.54. The maximum Gasteiger partial charge on any atom is 0.673 e. The fourth-order valence-corrected chi connectivity index (χ4v) is 3.56. The third-order valence-corrected chi connectivity index (χ3v) is 5.02. The van der Waals surface area contributed by atoms with Gasteiger partial charge in [-0.25, -0.2) is 4.57 Å². The van der Waals surface area contributed by atoms with Crippen molar-refractivity contribution in [2.75, 3.05) is 0 Å². The Morgan fingerprint density at radius 1 is 0.824 bits per heavy atom. The maximum atomic E-state index is 12.8. The molecule has 0 aliphatic rings. The van der Waals surface area contributed by atoms with E-state index in [1.54, 1.807) is 0 Å². The number of benzene rings is 3. The van der Waals surface area contributed by atoms with E-state index < -0.39 is 7.25 Å². The molecule has 4 rings (SSSR count). The van der Waals surface area contributed by atoms with E-state index in [1.165, 1.54) is 5.56 Å². The largest absolute Gasteiger partial charge is 0.673 e. The van der Waals surface area contributed by atoms with Crippen molar-refractivity contribution in [1.29, 1.82) is 0 Å². The summed E-state index contributed by atoms with van der Waals surface area (Å²) in [4.78, 5) is 12.8. The second kappa shape index (κ2) is 11.4. The molecule has 0 aliphatic carbocycles. The van der Waals surface area contributed by atoms with Crippen LogP contribution in [0.4, 0.5) is 17.3 Å². The normalized spacial score (nSPS) is 11.0. The summed E-state index contributed by atoms with van der Waals surface area (Å²) in [5.41, 5.74) is 3.25. The Hall–Kier alpha value is -3.75. The highest BCUT2D eigenvalue weighted by Gasteiger charge is 2.27. The highest BCUT2D eigenvalue weighted by atomic mass is 19.5. The molecule has 0 unspecified atom stereocenters. The number of halogens is 4. The minimum atomic E-state index is -6.00. The molecule has 0 saturated carbocycles. The second-order valence-electron chi connectivity index (χ2n) is 7.62. The van der Waals surface area contributed by atoms with Gasteiger partial charge < -0.3 is 17.3 Å². The molecule has 4 nitrogen and oxygen atoms in total. The summed E-state index contributed by atoms with van der Waals surface area (Å²) in [6.07, 6.45) is 1.25. The Morgan fingerprint density at radius 3 is 1.82 bits per heavy atom. The SMILES string of the molecule is C[n+]1c(-c2ccccc2)nn(CC(=O)CCc2ccccc2)c1-c1ccccc1.F[B-](F)(F)F. The minimum Gasteiger partial charge on any atom is -0.418 e. The molecule has 0 bridgehead atoms. The number of ketones is 1. The van der Waals surface area contributed by atoms with Crippen LogP contribution in [0.5, 0.6) is 0 Å². The van der Waals surface area contributed by atoms with Gasteiger partial charge in [-0.05, 0) is 36.2 Å². The quantitative estimate of drug-likeness (QED) is 0.203. The zero-order chi connectivity index (χ0) is 24.6. The molecule has 3 aromatic carbocycles. The number of Topliss-reactive ketones (excluding diaryl/α,β-unsaturated/α-hetero) is 1. The van der Waals surface area contributed by atoms with Crippen LogP contribution < -0.4 is 4.57 Å². The number of nitrogens with zero attached hydrogens (tertiary/aromatic N) is 3. The van der Waals surface area contributed by atoms with Gasteiger partial charge in [-0.2, -0.15) is 0 Å². The molecule has 1 heterocycles. The molecule has 0 spiro atoms. The number of carbonyl (C=O) groups excluding carboxylic acids is 1. The van der Waals surface area contributed by atoms with Crippen LogP contribution in [-0.4, -0.2) is 22.8 Å². The van der Waals surface area contributed by atoms with E-state index in [2.05, 4.69) is 28.8 Å². The number of hydrogen-bond donors (Lipinski definition) is 0. The third kappa shape index (κ3) is 7.40. The summed E-state index contributed by atoms with van der Waals surface area (Å²) >= 11 is 0. The fraction of sp³-hybridized carbons (Fsp3) is 0.160. The Kier molecular flexibility index (Phi) is 8.35. The van der Waals surface area contributed by atoms with Crippen molar-refractivity contribution >= 4 is 13.0 Å². The lowest BCUT2D eigenvalue weighted by molar-refractivity contribution is -0.649. The van der Waals surface area contributed by atoms with E-state index in [0.29, 0.717) is 6.42 Å². The van der Waals surface area contributed by atoms with Gasteiger partial charge >= 0.3 is 13.1 Å². The number of aryl methyl sites for hydroxylation is 1. The lowest BCUT2D eigenvalue weighted by Gasteiger charge is -2.02. The van der Waals surface area contributed by atoms with Crippen molar-refractivity contribution in [3.05, 3.63) is 96.6 Å². The van der Waals surface area contributed by atoms with Gasteiger partial charge in [-0.15, -0.1) is 0 Å². The Morgan fingerprint density at radius 2 is 1.29 bits per heavy atom. The van der Waals surface area contributed by atoms with Gasteiger partial charge in [-0.1, -0.05) is 71.4 Å². The number of rotatable bonds is 7. The first kappa shape index (κ1) is 24.9.